The number of nitrogens with one attached hydrogen (secondary N) is 1. The lowest BCUT2D eigenvalue weighted by atomic mass is 9.89. The van der Waals surface area contributed by atoms with Crippen molar-refractivity contribution in [2.24, 2.45) is 5.92 Å². The second kappa shape index (κ2) is 10.8. The first kappa shape index (κ1) is 25.6. The average Bonchev–Trinajstić information content (AvgIpc) is 3.32. The molecule has 1 N–H and O–H groups in total. The van der Waals surface area contributed by atoms with Gasteiger partial charge in [0.2, 0.25) is 0 Å². The minimum atomic E-state index is -0.486. The Morgan fingerprint density at radius 3 is 2.65 bits per heavy atom. The van der Waals surface area contributed by atoms with Crippen molar-refractivity contribution in [3.63, 3.8) is 0 Å². The maximum Gasteiger partial charge on any atom is 0.264 e. The van der Waals surface area contributed by atoms with E-state index in [0.717, 1.165) is 29.5 Å². The summed E-state index contributed by atoms with van der Waals surface area (Å²) < 4.78 is 3.29. The number of hydrogen-bond acceptors (Lipinski definition) is 4. The van der Waals surface area contributed by atoms with Gasteiger partial charge in [-0.2, -0.15) is 5.10 Å². The van der Waals surface area contributed by atoms with Gasteiger partial charge in [-0.3, -0.25) is 14.2 Å². The molecule has 7 heteroatoms. The van der Waals surface area contributed by atoms with Gasteiger partial charge >= 0.3 is 0 Å². The van der Waals surface area contributed by atoms with Crippen molar-refractivity contribution in [2.45, 2.75) is 52.0 Å². The number of amides is 1. The first-order valence-electron chi connectivity index (χ1n) is 13.9. The van der Waals surface area contributed by atoms with Gasteiger partial charge in [-0.1, -0.05) is 61.4 Å². The number of para-hydroxylation sites is 1. The summed E-state index contributed by atoms with van der Waals surface area (Å²) in [6.45, 7) is 3.68. The molecule has 200 valence electrons. The Labute approximate surface area is 232 Å². The number of hydrogen-bond donors (Lipinski definition) is 1. The predicted molar refractivity (Wildman–Crippen MR) is 157 cm³/mol. The molecule has 40 heavy (non-hydrogen) atoms. The monoisotopic (exact) mass is 529 g/mol. The van der Waals surface area contributed by atoms with Crippen LogP contribution in [-0.2, 0) is 0 Å². The summed E-state index contributed by atoms with van der Waals surface area (Å²) in [7, 11) is 0. The molecule has 0 aliphatic heterocycles. The van der Waals surface area contributed by atoms with E-state index in [-0.39, 0.29) is 11.5 Å². The molecule has 1 atom stereocenters. The summed E-state index contributed by atoms with van der Waals surface area (Å²) >= 11 is 0. The highest BCUT2D eigenvalue weighted by molar-refractivity contribution is 6.01. The molecule has 1 fully saturated rings. The molecule has 1 saturated carbocycles. The van der Waals surface area contributed by atoms with E-state index < -0.39 is 6.04 Å². The maximum absolute atomic E-state index is 14.2. The van der Waals surface area contributed by atoms with Crippen LogP contribution >= 0.6 is 0 Å². The van der Waals surface area contributed by atoms with E-state index >= 15 is 0 Å². The van der Waals surface area contributed by atoms with E-state index in [0.29, 0.717) is 33.9 Å². The maximum atomic E-state index is 14.2. The van der Waals surface area contributed by atoms with Crippen LogP contribution in [0.15, 0.2) is 77.9 Å². The zero-order valence-corrected chi connectivity index (χ0v) is 22.7. The summed E-state index contributed by atoms with van der Waals surface area (Å²) in [5.74, 6) is 6.89. The second-order valence-electron chi connectivity index (χ2n) is 10.5. The number of rotatable bonds is 4. The molecule has 5 aromatic rings. The number of benzene rings is 2. The van der Waals surface area contributed by atoms with E-state index in [4.69, 9.17) is 0 Å². The zero-order chi connectivity index (χ0) is 27.6. The Balaban J connectivity index is 1.45. The lowest BCUT2D eigenvalue weighted by Gasteiger charge is -2.21. The molecule has 7 nitrogen and oxygen atoms in total. The number of carbonyl (C=O) groups excluding carboxylic acids is 1. The number of aromatic nitrogens is 4. The number of pyridine rings is 1. The Morgan fingerprint density at radius 2 is 1.85 bits per heavy atom. The van der Waals surface area contributed by atoms with Crippen molar-refractivity contribution in [1.82, 2.24) is 24.5 Å². The Bertz CT molecular complexity index is 1840. The van der Waals surface area contributed by atoms with E-state index in [1.54, 1.807) is 34.5 Å². The third-order valence-corrected chi connectivity index (χ3v) is 7.69. The fourth-order valence-electron chi connectivity index (χ4n) is 5.68. The van der Waals surface area contributed by atoms with Crippen LogP contribution in [0.5, 0.6) is 0 Å². The molecule has 6 rings (SSSR count). The highest BCUT2D eigenvalue weighted by Crippen LogP contribution is 2.26. The lowest BCUT2D eigenvalue weighted by Crippen LogP contribution is -2.32. The highest BCUT2D eigenvalue weighted by Gasteiger charge is 2.23. The SMILES string of the molecule is Cc1nn2cccnc2c1C(=O)N[C@H](C)c1cc2cccc(C#CC3CCCCC3)c2c(=O)n1-c1ccccc1. The van der Waals surface area contributed by atoms with Crippen LogP contribution in [0.2, 0.25) is 0 Å². The van der Waals surface area contributed by atoms with Crippen LogP contribution < -0.4 is 10.9 Å². The van der Waals surface area contributed by atoms with Gasteiger partial charge in [0.15, 0.2) is 5.65 Å². The number of aryl methyl sites for hydroxylation is 1. The van der Waals surface area contributed by atoms with Gasteiger partial charge in [0, 0.05) is 35.3 Å². The summed E-state index contributed by atoms with van der Waals surface area (Å²) in [5, 5.41) is 8.92. The Morgan fingerprint density at radius 1 is 1.05 bits per heavy atom. The van der Waals surface area contributed by atoms with Crippen LogP contribution in [0, 0.1) is 24.7 Å². The van der Waals surface area contributed by atoms with Crippen molar-refractivity contribution in [2.75, 3.05) is 0 Å². The Hall–Kier alpha value is -4.70. The van der Waals surface area contributed by atoms with Crippen molar-refractivity contribution in [3.8, 4) is 17.5 Å². The molecule has 3 heterocycles. The topological polar surface area (TPSA) is 81.3 Å². The highest BCUT2D eigenvalue weighted by atomic mass is 16.2. The summed E-state index contributed by atoms with van der Waals surface area (Å²) in [5.41, 5.74) is 3.50. The van der Waals surface area contributed by atoms with Crippen LogP contribution in [0.4, 0.5) is 0 Å². The van der Waals surface area contributed by atoms with Gasteiger partial charge in [-0.25, -0.2) is 9.50 Å². The molecule has 1 amide bonds. The molecule has 2 aromatic carbocycles. The van der Waals surface area contributed by atoms with Crippen molar-refractivity contribution >= 4 is 22.3 Å². The molecular formula is C33H31N5O2. The first-order valence-corrected chi connectivity index (χ1v) is 13.9. The molecule has 0 radical (unpaired) electrons. The third kappa shape index (κ3) is 4.77. The third-order valence-electron chi connectivity index (χ3n) is 7.69. The predicted octanol–water partition coefficient (Wildman–Crippen LogP) is 5.76. The fourth-order valence-corrected chi connectivity index (χ4v) is 5.68. The normalized spacial score (nSPS) is 14.6. The minimum Gasteiger partial charge on any atom is -0.344 e. The molecule has 0 saturated heterocycles. The largest absolute Gasteiger partial charge is 0.344 e. The van der Waals surface area contributed by atoms with Gasteiger partial charge in [0.25, 0.3) is 11.5 Å². The Kier molecular flexibility index (Phi) is 6.91. The fraction of sp³-hybridized carbons (Fsp3) is 0.273. The summed E-state index contributed by atoms with van der Waals surface area (Å²) in [6, 6.07) is 18.6. The van der Waals surface area contributed by atoms with Gasteiger partial charge in [0.1, 0.15) is 5.56 Å². The molecule has 0 spiro atoms. The summed E-state index contributed by atoms with van der Waals surface area (Å²) in [6.07, 6.45) is 9.35. The van der Waals surface area contributed by atoms with Crippen LogP contribution in [0.1, 0.15) is 72.4 Å². The van der Waals surface area contributed by atoms with E-state index in [2.05, 4.69) is 27.2 Å². The molecule has 0 bridgehead atoms. The van der Waals surface area contributed by atoms with Crippen LogP contribution in [-0.4, -0.2) is 25.1 Å². The van der Waals surface area contributed by atoms with Gasteiger partial charge < -0.3 is 5.32 Å². The standard InChI is InChI=1S/C33H31N5O2/c1-22(35-32(39)29-23(2)36-37-20-10-19-34-31(29)37)28-21-26-14-9-13-25(18-17-24-11-5-3-6-12-24)30(26)33(40)38(28)27-15-7-4-8-16-27/h4,7-10,13-16,19-22,24H,3,5-6,11-12H2,1-2H3,(H,35,39)/t22-/m1/s1. The second-order valence-corrected chi connectivity index (χ2v) is 10.5. The molecule has 1 aliphatic carbocycles. The number of fused-ring (bicyclic) bond motifs is 2. The van der Waals surface area contributed by atoms with Crippen molar-refractivity contribution in [3.05, 3.63) is 106 Å². The molecule has 0 unspecified atom stereocenters. The van der Waals surface area contributed by atoms with E-state index in [1.165, 1.54) is 19.3 Å². The van der Waals surface area contributed by atoms with E-state index in [9.17, 15) is 9.59 Å². The van der Waals surface area contributed by atoms with Crippen LogP contribution in [0.3, 0.4) is 0 Å². The van der Waals surface area contributed by atoms with Gasteiger partial charge in [-0.05, 0) is 62.4 Å². The molecule has 1 aliphatic rings. The molecular weight excluding hydrogens is 498 g/mol. The van der Waals surface area contributed by atoms with Crippen molar-refractivity contribution < 1.29 is 4.79 Å². The first-order chi connectivity index (χ1) is 19.5. The van der Waals surface area contributed by atoms with Crippen molar-refractivity contribution in [1.29, 1.82) is 0 Å². The lowest BCUT2D eigenvalue weighted by molar-refractivity contribution is 0.0939. The minimum absolute atomic E-state index is 0.151. The van der Waals surface area contributed by atoms with E-state index in [1.807, 2.05) is 61.5 Å². The van der Waals surface area contributed by atoms with Gasteiger partial charge in [0.05, 0.1) is 17.1 Å². The quantitative estimate of drug-likeness (QED) is 0.300. The number of carbonyl (C=O) groups is 1. The van der Waals surface area contributed by atoms with Gasteiger partial charge in [-0.15, -0.1) is 0 Å². The van der Waals surface area contributed by atoms with Crippen LogP contribution in [0.25, 0.3) is 22.1 Å². The summed E-state index contributed by atoms with van der Waals surface area (Å²) in [4.78, 5) is 32.1. The smallest absolute Gasteiger partial charge is 0.264 e. The number of nitrogens with zero attached hydrogens (tertiary/aromatic N) is 4. The average molecular weight is 530 g/mol. The molecule has 3 aromatic heterocycles. The zero-order valence-electron chi connectivity index (χ0n) is 22.7.